The van der Waals surface area contributed by atoms with Gasteiger partial charge in [-0.2, -0.15) is 0 Å². The molecule has 4 heterocycles. The zero-order chi connectivity index (χ0) is 22.8. The maximum Gasteiger partial charge on any atom is 0.257 e. The highest BCUT2D eigenvalue weighted by Gasteiger charge is 2.28. The van der Waals surface area contributed by atoms with Crippen LogP contribution in [0.1, 0.15) is 51.0 Å². The first-order valence-electron chi connectivity index (χ1n) is 11.4. The standard InChI is InChI=1S/C25H27N5O3/c1-17-21(25(32)29-10-12-33-13-11-29)15-27-23(28-17)20-5-3-9-30(16-20)24(31)19-6-7-22-18(14-19)4-2-8-26-22/h2,4,6-8,14-15,20H,3,5,9-13,16H2,1H3/t20-/m1/s1. The fraction of sp³-hybridized carbons (Fsp3) is 0.400. The summed E-state index contributed by atoms with van der Waals surface area (Å²) in [4.78, 5) is 43.3. The maximum absolute atomic E-state index is 13.2. The smallest absolute Gasteiger partial charge is 0.257 e. The van der Waals surface area contributed by atoms with E-state index in [4.69, 9.17) is 4.74 Å². The molecule has 2 aliphatic heterocycles. The number of likely N-dealkylation sites (tertiary alicyclic amines) is 1. The topological polar surface area (TPSA) is 88.5 Å². The number of fused-ring (bicyclic) bond motifs is 1. The average molecular weight is 446 g/mol. The Kier molecular flexibility index (Phi) is 6.00. The molecule has 170 valence electrons. The number of piperidine rings is 1. The first-order chi connectivity index (χ1) is 16.1. The van der Waals surface area contributed by atoms with Crippen LogP contribution in [0.2, 0.25) is 0 Å². The van der Waals surface area contributed by atoms with Crippen molar-refractivity contribution >= 4 is 22.7 Å². The molecule has 2 saturated heterocycles. The third kappa shape index (κ3) is 4.43. The molecule has 0 N–H and O–H groups in total. The van der Waals surface area contributed by atoms with Gasteiger partial charge in [-0.15, -0.1) is 0 Å². The molecule has 0 radical (unpaired) electrons. The van der Waals surface area contributed by atoms with E-state index in [9.17, 15) is 9.59 Å². The number of carbonyl (C=O) groups excluding carboxylic acids is 2. The quantitative estimate of drug-likeness (QED) is 0.616. The lowest BCUT2D eigenvalue weighted by Gasteiger charge is -2.32. The summed E-state index contributed by atoms with van der Waals surface area (Å²) in [5.74, 6) is 0.720. The highest BCUT2D eigenvalue weighted by atomic mass is 16.5. The Morgan fingerprint density at radius 3 is 2.70 bits per heavy atom. The summed E-state index contributed by atoms with van der Waals surface area (Å²) in [6.07, 6.45) is 5.21. The number of pyridine rings is 1. The number of ether oxygens (including phenoxy) is 1. The third-order valence-electron chi connectivity index (χ3n) is 6.45. The van der Waals surface area contributed by atoms with Gasteiger partial charge in [-0.25, -0.2) is 9.97 Å². The Hall–Kier alpha value is -3.39. The maximum atomic E-state index is 13.2. The molecule has 2 aromatic heterocycles. The Labute approximate surface area is 192 Å². The molecule has 1 atom stereocenters. The van der Waals surface area contributed by atoms with Crippen LogP contribution in [0, 0.1) is 6.92 Å². The lowest BCUT2D eigenvalue weighted by Crippen LogP contribution is -2.41. The second-order valence-electron chi connectivity index (χ2n) is 8.63. The van der Waals surface area contributed by atoms with Crippen molar-refractivity contribution in [1.29, 1.82) is 0 Å². The fourth-order valence-electron chi connectivity index (χ4n) is 4.59. The zero-order valence-corrected chi connectivity index (χ0v) is 18.7. The van der Waals surface area contributed by atoms with Gasteiger partial charge >= 0.3 is 0 Å². The van der Waals surface area contributed by atoms with Crippen LogP contribution in [0.15, 0.2) is 42.7 Å². The van der Waals surface area contributed by atoms with Gasteiger partial charge in [-0.3, -0.25) is 14.6 Å². The minimum Gasteiger partial charge on any atom is -0.378 e. The Bertz CT molecular complexity index is 1190. The number of aromatic nitrogens is 3. The van der Waals surface area contributed by atoms with Crippen LogP contribution in [0.5, 0.6) is 0 Å². The number of aryl methyl sites for hydroxylation is 1. The van der Waals surface area contributed by atoms with Crippen molar-refractivity contribution in [2.45, 2.75) is 25.7 Å². The number of hydrogen-bond acceptors (Lipinski definition) is 6. The van der Waals surface area contributed by atoms with Crippen LogP contribution in [-0.2, 0) is 4.74 Å². The Balaban J connectivity index is 1.31. The van der Waals surface area contributed by atoms with Gasteiger partial charge in [0.25, 0.3) is 11.8 Å². The first kappa shape index (κ1) is 21.5. The summed E-state index contributed by atoms with van der Waals surface area (Å²) in [5.41, 5.74) is 2.76. The van der Waals surface area contributed by atoms with E-state index in [2.05, 4.69) is 15.0 Å². The van der Waals surface area contributed by atoms with Crippen molar-refractivity contribution in [3.63, 3.8) is 0 Å². The normalized spacial score (nSPS) is 19.0. The van der Waals surface area contributed by atoms with Crippen molar-refractivity contribution in [1.82, 2.24) is 24.8 Å². The van der Waals surface area contributed by atoms with E-state index < -0.39 is 0 Å². The zero-order valence-electron chi connectivity index (χ0n) is 18.7. The van der Waals surface area contributed by atoms with E-state index in [0.717, 1.165) is 23.7 Å². The summed E-state index contributed by atoms with van der Waals surface area (Å²) in [5, 5.41) is 0.955. The van der Waals surface area contributed by atoms with E-state index in [1.165, 1.54) is 0 Å². The van der Waals surface area contributed by atoms with E-state index in [1.54, 1.807) is 17.3 Å². The summed E-state index contributed by atoms with van der Waals surface area (Å²) in [6, 6.07) is 9.48. The lowest BCUT2D eigenvalue weighted by atomic mass is 9.96. The Morgan fingerprint density at radius 1 is 1.03 bits per heavy atom. The monoisotopic (exact) mass is 445 g/mol. The number of morpholine rings is 1. The van der Waals surface area contributed by atoms with Gasteiger partial charge in [-0.1, -0.05) is 6.07 Å². The van der Waals surface area contributed by atoms with E-state index in [1.807, 2.05) is 42.2 Å². The van der Waals surface area contributed by atoms with Crippen LogP contribution in [0.3, 0.4) is 0 Å². The molecule has 5 rings (SSSR count). The van der Waals surface area contributed by atoms with E-state index in [0.29, 0.717) is 62.0 Å². The van der Waals surface area contributed by atoms with Gasteiger partial charge < -0.3 is 14.5 Å². The van der Waals surface area contributed by atoms with Crippen LogP contribution in [0.4, 0.5) is 0 Å². The van der Waals surface area contributed by atoms with Gasteiger partial charge in [0.1, 0.15) is 5.82 Å². The van der Waals surface area contributed by atoms with E-state index >= 15 is 0 Å². The fourth-order valence-corrected chi connectivity index (χ4v) is 4.59. The van der Waals surface area contributed by atoms with Crippen LogP contribution in [0.25, 0.3) is 10.9 Å². The minimum absolute atomic E-state index is 0.0151. The summed E-state index contributed by atoms with van der Waals surface area (Å²) >= 11 is 0. The second kappa shape index (κ2) is 9.23. The van der Waals surface area contributed by atoms with Crippen LogP contribution < -0.4 is 0 Å². The number of rotatable bonds is 3. The summed E-state index contributed by atoms with van der Waals surface area (Å²) < 4.78 is 5.34. The van der Waals surface area contributed by atoms with Crippen molar-refractivity contribution in [3.05, 3.63) is 65.4 Å². The van der Waals surface area contributed by atoms with Crippen molar-refractivity contribution < 1.29 is 14.3 Å². The largest absolute Gasteiger partial charge is 0.378 e. The summed E-state index contributed by atoms with van der Waals surface area (Å²) in [6.45, 7) is 5.43. The second-order valence-corrected chi connectivity index (χ2v) is 8.63. The number of benzene rings is 1. The third-order valence-corrected chi connectivity index (χ3v) is 6.45. The van der Waals surface area contributed by atoms with Crippen molar-refractivity contribution in [3.8, 4) is 0 Å². The van der Waals surface area contributed by atoms with Crippen LogP contribution in [-0.4, -0.2) is 76.0 Å². The predicted molar refractivity (Wildman–Crippen MR) is 123 cm³/mol. The van der Waals surface area contributed by atoms with Gasteiger partial charge in [0.05, 0.1) is 30.0 Å². The molecule has 1 aromatic carbocycles. The molecule has 0 saturated carbocycles. The number of nitrogens with zero attached hydrogens (tertiary/aromatic N) is 5. The molecule has 2 fully saturated rings. The van der Waals surface area contributed by atoms with Crippen LogP contribution >= 0.6 is 0 Å². The number of carbonyl (C=O) groups is 2. The average Bonchev–Trinajstić information content (AvgIpc) is 2.88. The highest BCUT2D eigenvalue weighted by molar-refractivity contribution is 5.98. The molecule has 33 heavy (non-hydrogen) atoms. The molecular weight excluding hydrogens is 418 g/mol. The molecule has 8 heteroatoms. The molecule has 0 bridgehead atoms. The minimum atomic E-state index is -0.0476. The van der Waals surface area contributed by atoms with E-state index in [-0.39, 0.29) is 17.7 Å². The molecule has 0 aliphatic carbocycles. The van der Waals surface area contributed by atoms with Gasteiger partial charge in [0, 0.05) is 55.4 Å². The van der Waals surface area contributed by atoms with Gasteiger partial charge in [0.2, 0.25) is 0 Å². The van der Waals surface area contributed by atoms with Gasteiger partial charge in [-0.05, 0) is 44.0 Å². The highest BCUT2D eigenvalue weighted by Crippen LogP contribution is 2.27. The molecule has 2 amide bonds. The molecule has 2 aliphatic rings. The molecular formula is C25H27N5O3. The molecule has 0 spiro atoms. The van der Waals surface area contributed by atoms with Crippen molar-refractivity contribution in [2.24, 2.45) is 0 Å². The predicted octanol–water partition coefficient (Wildman–Crippen LogP) is 2.83. The summed E-state index contributed by atoms with van der Waals surface area (Å²) in [7, 11) is 0. The molecule has 3 aromatic rings. The Morgan fingerprint density at radius 2 is 1.88 bits per heavy atom. The lowest BCUT2D eigenvalue weighted by molar-refractivity contribution is 0.0301. The van der Waals surface area contributed by atoms with Gasteiger partial charge in [0.15, 0.2) is 0 Å². The first-order valence-corrected chi connectivity index (χ1v) is 11.4. The molecule has 0 unspecified atom stereocenters. The number of hydrogen-bond donors (Lipinski definition) is 0. The molecule has 8 nitrogen and oxygen atoms in total. The number of amides is 2. The van der Waals surface area contributed by atoms with Crippen molar-refractivity contribution in [2.75, 3.05) is 39.4 Å². The SMILES string of the molecule is Cc1nc([C@@H]2CCCN(C(=O)c3ccc4ncccc4c3)C2)ncc1C(=O)N1CCOCC1.